The fourth-order valence-electron chi connectivity index (χ4n) is 1.45. The predicted octanol–water partition coefficient (Wildman–Crippen LogP) is 2.50. The Labute approximate surface area is 92.2 Å². The second kappa shape index (κ2) is 5.34. The second-order valence-corrected chi connectivity index (χ2v) is 3.46. The molecule has 0 amide bonds. The lowest BCUT2D eigenvalue weighted by Crippen LogP contribution is -2.10. The molecular formula is C10H15F3N2O. The van der Waals surface area contributed by atoms with Gasteiger partial charge in [-0.2, -0.15) is 18.3 Å². The number of aryl methyl sites for hydroxylation is 2. The van der Waals surface area contributed by atoms with Crippen molar-refractivity contribution in [1.82, 2.24) is 9.78 Å². The molecule has 0 N–H and O–H groups in total. The Balaban J connectivity index is 2.78. The summed E-state index contributed by atoms with van der Waals surface area (Å²) in [7, 11) is 1.56. The van der Waals surface area contributed by atoms with Crippen LogP contribution in [-0.2, 0) is 23.9 Å². The van der Waals surface area contributed by atoms with Crippen molar-refractivity contribution in [3.05, 3.63) is 17.5 Å². The van der Waals surface area contributed by atoms with Gasteiger partial charge < -0.3 is 4.74 Å². The summed E-state index contributed by atoms with van der Waals surface area (Å²) in [6.07, 6.45) is -1.92. The van der Waals surface area contributed by atoms with Crippen LogP contribution in [0.5, 0.6) is 0 Å². The van der Waals surface area contributed by atoms with E-state index in [1.54, 1.807) is 14.0 Å². The molecule has 0 radical (unpaired) electrons. The molecule has 1 aromatic rings. The van der Waals surface area contributed by atoms with Gasteiger partial charge in [-0.15, -0.1) is 0 Å². The van der Waals surface area contributed by atoms with Crippen molar-refractivity contribution in [2.24, 2.45) is 0 Å². The van der Waals surface area contributed by atoms with E-state index in [0.717, 1.165) is 0 Å². The number of nitrogens with zero attached hydrogens (tertiary/aromatic N) is 2. The van der Waals surface area contributed by atoms with E-state index in [1.807, 2.05) is 0 Å². The first-order valence-electron chi connectivity index (χ1n) is 5.11. The van der Waals surface area contributed by atoms with Crippen LogP contribution in [0.4, 0.5) is 13.2 Å². The Morgan fingerprint density at radius 3 is 2.56 bits per heavy atom. The fraction of sp³-hybridized carbons (Fsp3) is 0.700. The van der Waals surface area contributed by atoms with Gasteiger partial charge >= 0.3 is 6.18 Å². The van der Waals surface area contributed by atoms with Crippen LogP contribution < -0.4 is 0 Å². The molecule has 0 aliphatic carbocycles. The zero-order chi connectivity index (χ0) is 12.2. The molecule has 1 aromatic heterocycles. The first kappa shape index (κ1) is 13.0. The van der Waals surface area contributed by atoms with Crippen LogP contribution in [0.25, 0.3) is 0 Å². The standard InChI is InChI=1S/C10H15F3N2O/c1-3-8-7-15(5-4-6-16-2)14-9(8)10(11,12)13/h7H,3-6H2,1-2H3. The third-order valence-electron chi connectivity index (χ3n) is 2.22. The van der Waals surface area contributed by atoms with Crippen molar-refractivity contribution in [2.45, 2.75) is 32.5 Å². The van der Waals surface area contributed by atoms with Crippen LogP contribution in [0, 0.1) is 0 Å². The molecule has 6 heteroatoms. The topological polar surface area (TPSA) is 27.1 Å². The molecule has 16 heavy (non-hydrogen) atoms. The van der Waals surface area contributed by atoms with Gasteiger partial charge in [0.05, 0.1) is 0 Å². The summed E-state index contributed by atoms with van der Waals surface area (Å²) in [5.41, 5.74) is -0.530. The van der Waals surface area contributed by atoms with Crippen molar-refractivity contribution < 1.29 is 17.9 Å². The minimum atomic E-state index is -4.36. The minimum absolute atomic E-state index is 0.241. The van der Waals surface area contributed by atoms with Gasteiger partial charge in [-0.3, -0.25) is 4.68 Å². The number of halogens is 3. The maximum atomic E-state index is 12.5. The van der Waals surface area contributed by atoms with E-state index >= 15 is 0 Å². The molecule has 0 fully saturated rings. The first-order valence-corrected chi connectivity index (χ1v) is 5.11. The van der Waals surface area contributed by atoms with Crippen LogP contribution in [0.3, 0.4) is 0 Å². The Morgan fingerprint density at radius 2 is 2.12 bits per heavy atom. The SMILES string of the molecule is CCc1cn(CCCOC)nc1C(F)(F)F. The van der Waals surface area contributed by atoms with Gasteiger partial charge in [-0.1, -0.05) is 6.92 Å². The molecule has 0 unspecified atom stereocenters. The van der Waals surface area contributed by atoms with Gasteiger partial charge in [0, 0.05) is 32.0 Å². The normalized spacial score (nSPS) is 12.1. The molecule has 0 atom stereocenters. The zero-order valence-electron chi connectivity index (χ0n) is 9.34. The molecule has 0 saturated carbocycles. The number of alkyl halides is 3. The largest absolute Gasteiger partial charge is 0.435 e. The number of methoxy groups -OCH3 is 1. The highest BCUT2D eigenvalue weighted by molar-refractivity contribution is 5.19. The predicted molar refractivity (Wildman–Crippen MR) is 53.1 cm³/mol. The van der Waals surface area contributed by atoms with Crippen LogP contribution in [0.2, 0.25) is 0 Å². The highest BCUT2D eigenvalue weighted by Crippen LogP contribution is 2.30. The third kappa shape index (κ3) is 3.23. The Morgan fingerprint density at radius 1 is 1.44 bits per heavy atom. The lowest BCUT2D eigenvalue weighted by Gasteiger charge is -2.03. The van der Waals surface area contributed by atoms with Crippen LogP contribution >= 0.6 is 0 Å². The summed E-state index contributed by atoms with van der Waals surface area (Å²) in [6, 6.07) is 0. The number of hydrogen-bond donors (Lipinski definition) is 0. The van der Waals surface area contributed by atoms with Gasteiger partial charge in [0.2, 0.25) is 0 Å². The zero-order valence-corrected chi connectivity index (χ0v) is 9.34. The molecule has 1 rings (SSSR count). The van der Waals surface area contributed by atoms with Gasteiger partial charge in [0.1, 0.15) is 0 Å². The van der Waals surface area contributed by atoms with E-state index in [2.05, 4.69) is 5.10 Å². The van der Waals surface area contributed by atoms with E-state index < -0.39 is 11.9 Å². The number of ether oxygens (including phenoxy) is 1. The fourth-order valence-corrected chi connectivity index (χ4v) is 1.45. The van der Waals surface area contributed by atoms with Crippen molar-refractivity contribution in [3.8, 4) is 0 Å². The van der Waals surface area contributed by atoms with E-state index in [9.17, 15) is 13.2 Å². The molecule has 1 heterocycles. The summed E-state index contributed by atoms with van der Waals surface area (Å²) in [5.74, 6) is 0. The molecule has 0 spiro atoms. The second-order valence-electron chi connectivity index (χ2n) is 3.46. The van der Waals surface area contributed by atoms with Crippen molar-refractivity contribution in [1.29, 1.82) is 0 Å². The third-order valence-corrected chi connectivity index (χ3v) is 2.22. The molecule has 92 valence electrons. The monoisotopic (exact) mass is 236 g/mol. The van der Waals surface area contributed by atoms with E-state index in [4.69, 9.17) is 4.74 Å². The quantitative estimate of drug-likeness (QED) is 0.734. The van der Waals surface area contributed by atoms with Crippen molar-refractivity contribution >= 4 is 0 Å². The van der Waals surface area contributed by atoms with Crippen LogP contribution in [0.15, 0.2) is 6.20 Å². The van der Waals surface area contributed by atoms with Crippen molar-refractivity contribution in [2.75, 3.05) is 13.7 Å². The van der Waals surface area contributed by atoms with Gasteiger partial charge in [-0.25, -0.2) is 0 Å². The summed E-state index contributed by atoms with van der Waals surface area (Å²) < 4.78 is 43.8. The van der Waals surface area contributed by atoms with Crippen molar-refractivity contribution in [3.63, 3.8) is 0 Å². The Kier molecular flexibility index (Phi) is 4.35. The van der Waals surface area contributed by atoms with Gasteiger partial charge in [0.25, 0.3) is 0 Å². The van der Waals surface area contributed by atoms with E-state index in [1.165, 1.54) is 10.9 Å². The molecule has 0 saturated heterocycles. The minimum Gasteiger partial charge on any atom is -0.385 e. The maximum absolute atomic E-state index is 12.5. The molecule has 0 aromatic carbocycles. The van der Waals surface area contributed by atoms with Crippen LogP contribution in [0.1, 0.15) is 24.6 Å². The van der Waals surface area contributed by atoms with E-state index in [0.29, 0.717) is 26.0 Å². The molecule has 0 aliphatic heterocycles. The number of rotatable bonds is 5. The average molecular weight is 236 g/mol. The molecule has 0 aliphatic rings. The maximum Gasteiger partial charge on any atom is 0.435 e. The Bertz CT molecular complexity index is 333. The highest BCUT2D eigenvalue weighted by atomic mass is 19.4. The van der Waals surface area contributed by atoms with Gasteiger partial charge in [0.15, 0.2) is 5.69 Å². The summed E-state index contributed by atoms with van der Waals surface area (Å²) in [4.78, 5) is 0. The highest BCUT2D eigenvalue weighted by Gasteiger charge is 2.36. The summed E-state index contributed by atoms with van der Waals surface area (Å²) >= 11 is 0. The van der Waals surface area contributed by atoms with E-state index in [-0.39, 0.29) is 5.56 Å². The molecule has 3 nitrogen and oxygen atoms in total. The smallest absolute Gasteiger partial charge is 0.385 e. The van der Waals surface area contributed by atoms with Gasteiger partial charge in [-0.05, 0) is 12.8 Å². The summed E-state index contributed by atoms with van der Waals surface area (Å²) in [5, 5.41) is 3.56. The lowest BCUT2D eigenvalue weighted by atomic mass is 10.2. The molecular weight excluding hydrogens is 221 g/mol. The lowest BCUT2D eigenvalue weighted by molar-refractivity contribution is -0.142. The first-order chi connectivity index (χ1) is 7.49. The Hall–Kier alpha value is -1.04. The molecule has 0 bridgehead atoms. The summed E-state index contributed by atoms with van der Waals surface area (Å²) in [6.45, 7) is 2.64. The average Bonchev–Trinajstić information content (AvgIpc) is 2.61. The number of hydrogen-bond acceptors (Lipinski definition) is 2. The van der Waals surface area contributed by atoms with Crippen LogP contribution in [-0.4, -0.2) is 23.5 Å². The number of aromatic nitrogens is 2.